The van der Waals surface area contributed by atoms with Crippen LogP contribution in [0.2, 0.25) is 0 Å². The molecule has 0 fully saturated rings. The summed E-state index contributed by atoms with van der Waals surface area (Å²) < 4.78 is 11.5. The summed E-state index contributed by atoms with van der Waals surface area (Å²) in [6.07, 6.45) is 3.22. The maximum absolute atomic E-state index is 12.7. The Morgan fingerprint density at radius 1 is 0.818 bits per heavy atom. The molecule has 6 heteroatoms. The van der Waals surface area contributed by atoms with E-state index in [0.717, 1.165) is 11.1 Å². The van der Waals surface area contributed by atoms with Crippen LogP contribution in [0.4, 0.5) is 11.4 Å². The highest BCUT2D eigenvalue weighted by molar-refractivity contribution is 6.06. The highest BCUT2D eigenvalue weighted by Crippen LogP contribution is 2.37. The minimum atomic E-state index is -0.305. The molecule has 3 aromatic carbocycles. The first kappa shape index (κ1) is 23.6. The molecule has 33 heavy (non-hydrogen) atoms. The monoisotopic (exact) mass is 444 g/mol. The van der Waals surface area contributed by atoms with Crippen LogP contribution in [0.5, 0.6) is 11.5 Å². The van der Waals surface area contributed by atoms with Crippen molar-refractivity contribution in [3.8, 4) is 11.5 Å². The van der Waals surface area contributed by atoms with Crippen molar-refractivity contribution in [3.63, 3.8) is 0 Å². The summed E-state index contributed by atoms with van der Waals surface area (Å²) >= 11 is 0. The number of benzene rings is 3. The van der Waals surface area contributed by atoms with Gasteiger partial charge in [0.05, 0.1) is 24.6 Å². The van der Waals surface area contributed by atoms with E-state index in [1.165, 1.54) is 6.08 Å². The first-order chi connectivity index (χ1) is 16.0. The molecular formula is C27H28N2O4. The molecule has 170 valence electrons. The van der Waals surface area contributed by atoms with Crippen LogP contribution in [0.3, 0.4) is 0 Å². The van der Waals surface area contributed by atoms with Gasteiger partial charge in [-0.1, -0.05) is 48.0 Å². The Morgan fingerprint density at radius 3 is 2.06 bits per heavy atom. The van der Waals surface area contributed by atoms with Gasteiger partial charge in [0.1, 0.15) is 11.5 Å². The lowest BCUT2D eigenvalue weighted by atomic mass is 10.1. The average molecular weight is 445 g/mol. The SMILES string of the molecule is CCOc1cc(NC(=O)c2ccccc2)c(OCC)cc1NC(=O)/C=C/c1cccc(C)c1. The fourth-order valence-corrected chi connectivity index (χ4v) is 3.21. The minimum absolute atomic E-state index is 0.267. The molecule has 0 aliphatic heterocycles. The topological polar surface area (TPSA) is 76.7 Å². The summed E-state index contributed by atoms with van der Waals surface area (Å²) in [5.74, 6) is 0.294. The number of hydrogen-bond donors (Lipinski definition) is 2. The van der Waals surface area contributed by atoms with Gasteiger partial charge in [-0.15, -0.1) is 0 Å². The largest absolute Gasteiger partial charge is 0.492 e. The van der Waals surface area contributed by atoms with Gasteiger partial charge in [-0.2, -0.15) is 0 Å². The van der Waals surface area contributed by atoms with Crippen LogP contribution in [0.25, 0.3) is 6.08 Å². The second-order valence-electron chi connectivity index (χ2n) is 7.27. The third-order valence-electron chi connectivity index (χ3n) is 4.69. The van der Waals surface area contributed by atoms with Crippen molar-refractivity contribution in [2.75, 3.05) is 23.8 Å². The number of anilines is 2. The first-order valence-corrected chi connectivity index (χ1v) is 10.9. The Kier molecular flexibility index (Phi) is 8.24. The van der Waals surface area contributed by atoms with Gasteiger partial charge < -0.3 is 20.1 Å². The third kappa shape index (κ3) is 6.71. The third-order valence-corrected chi connectivity index (χ3v) is 4.69. The lowest BCUT2D eigenvalue weighted by molar-refractivity contribution is -0.111. The van der Waals surface area contributed by atoms with E-state index in [0.29, 0.717) is 41.7 Å². The summed E-state index contributed by atoms with van der Waals surface area (Å²) in [7, 11) is 0. The Balaban J connectivity index is 1.85. The number of ether oxygens (including phenoxy) is 2. The van der Waals surface area contributed by atoms with Gasteiger partial charge in [0, 0.05) is 23.8 Å². The Hall–Kier alpha value is -4.06. The molecule has 0 atom stereocenters. The average Bonchev–Trinajstić information content (AvgIpc) is 2.81. The van der Waals surface area contributed by atoms with Crippen molar-refractivity contribution in [1.29, 1.82) is 0 Å². The quantitative estimate of drug-likeness (QED) is 0.415. The van der Waals surface area contributed by atoms with E-state index in [9.17, 15) is 9.59 Å². The van der Waals surface area contributed by atoms with Gasteiger partial charge in [0.25, 0.3) is 5.91 Å². The fraction of sp³-hybridized carbons (Fsp3) is 0.185. The van der Waals surface area contributed by atoms with Crippen molar-refractivity contribution < 1.29 is 19.1 Å². The molecule has 2 N–H and O–H groups in total. The van der Waals surface area contributed by atoms with Crippen molar-refractivity contribution in [2.24, 2.45) is 0 Å². The summed E-state index contributed by atoms with van der Waals surface area (Å²) in [5, 5.41) is 5.72. The predicted octanol–water partition coefficient (Wildman–Crippen LogP) is 5.70. The van der Waals surface area contributed by atoms with Crippen LogP contribution >= 0.6 is 0 Å². The van der Waals surface area contributed by atoms with Crippen LogP contribution in [0.15, 0.2) is 72.8 Å². The molecule has 0 bridgehead atoms. The van der Waals surface area contributed by atoms with Gasteiger partial charge >= 0.3 is 0 Å². The lowest BCUT2D eigenvalue weighted by Crippen LogP contribution is -2.14. The highest BCUT2D eigenvalue weighted by Gasteiger charge is 2.16. The molecule has 0 aliphatic rings. The minimum Gasteiger partial charge on any atom is -0.492 e. The van der Waals surface area contributed by atoms with Crippen LogP contribution in [0, 0.1) is 6.92 Å². The van der Waals surface area contributed by atoms with Gasteiger partial charge in [0.15, 0.2) is 0 Å². The van der Waals surface area contributed by atoms with Crippen molar-refractivity contribution in [3.05, 3.63) is 89.5 Å². The first-order valence-electron chi connectivity index (χ1n) is 10.9. The molecule has 0 radical (unpaired) electrons. The smallest absolute Gasteiger partial charge is 0.255 e. The van der Waals surface area contributed by atoms with Crippen molar-refractivity contribution in [1.82, 2.24) is 0 Å². The second kappa shape index (κ2) is 11.5. The van der Waals surface area contributed by atoms with E-state index >= 15 is 0 Å². The van der Waals surface area contributed by atoms with E-state index in [-0.39, 0.29) is 11.8 Å². The molecule has 0 heterocycles. The Bertz CT molecular complexity index is 1140. The maximum atomic E-state index is 12.7. The number of carbonyl (C=O) groups is 2. The van der Waals surface area contributed by atoms with Crippen molar-refractivity contribution in [2.45, 2.75) is 20.8 Å². The standard InChI is InChI=1S/C27H28N2O4/c1-4-32-24-18-23(29-27(31)21-12-7-6-8-13-21)25(33-5-2)17-22(24)28-26(30)15-14-20-11-9-10-19(3)16-20/h6-18H,4-5H2,1-3H3,(H,28,30)(H,29,31)/b15-14+. The van der Waals surface area contributed by atoms with Crippen LogP contribution < -0.4 is 20.1 Å². The molecular weight excluding hydrogens is 416 g/mol. The zero-order valence-electron chi connectivity index (χ0n) is 19.1. The van der Waals surface area contributed by atoms with E-state index in [1.807, 2.05) is 51.1 Å². The van der Waals surface area contributed by atoms with E-state index < -0.39 is 0 Å². The number of carbonyl (C=O) groups excluding carboxylic acids is 2. The lowest BCUT2D eigenvalue weighted by Gasteiger charge is -2.17. The van der Waals surface area contributed by atoms with Crippen LogP contribution in [0.1, 0.15) is 35.3 Å². The number of nitrogens with one attached hydrogen (secondary N) is 2. The molecule has 0 aliphatic carbocycles. The molecule has 0 spiro atoms. The zero-order valence-corrected chi connectivity index (χ0v) is 19.1. The van der Waals surface area contributed by atoms with Gasteiger partial charge in [-0.05, 0) is 44.5 Å². The molecule has 6 nitrogen and oxygen atoms in total. The Morgan fingerprint density at radius 2 is 1.45 bits per heavy atom. The second-order valence-corrected chi connectivity index (χ2v) is 7.27. The van der Waals surface area contributed by atoms with Crippen molar-refractivity contribution >= 4 is 29.3 Å². The maximum Gasteiger partial charge on any atom is 0.255 e. The summed E-state index contributed by atoms with van der Waals surface area (Å²) in [6.45, 7) is 6.48. The number of rotatable bonds is 9. The van der Waals surface area contributed by atoms with Crippen LogP contribution in [-0.2, 0) is 4.79 Å². The fourth-order valence-electron chi connectivity index (χ4n) is 3.21. The molecule has 0 saturated heterocycles. The molecule has 3 aromatic rings. The Labute approximate surface area is 194 Å². The molecule has 3 rings (SSSR count). The van der Waals surface area contributed by atoms with Gasteiger partial charge in [-0.25, -0.2) is 0 Å². The summed E-state index contributed by atoms with van der Waals surface area (Å²) in [4.78, 5) is 25.2. The summed E-state index contributed by atoms with van der Waals surface area (Å²) in [5.41, 5.74) is 3.49. The molecule has 2 amide bonds. The highest BCUT2D eigenvalue weighted by atomic mass is 16.5. The van der Waals surface area contributed by atoms with E-state index in [4.69, 9.17) is 9.47 Å². The normalized spacial score (nSPS) is 10.6. The molecule has 0 unspecified atom stereocenters. The summed E-state index contributed by atoms with van der Waals surface area (Å²) in [6, 6.07) is 20.1. The van der Waals surface area contributed by atoms with Crippen LogP contribution in [-0.4, -0.2) is 25.0 Å². The van der Waals surface area contributed by atoms with Gasteiger partial charge in [-0.3, -0.25) is 9.59 Å². The zero-order chi connectivity index (χ0) is 23.6. The van der Waals surface area contributed by atoms with E-state index in [1.54, 1.807) is 42.5 Å². The number of hydrogen-bond acceptors (Lipinski definition) is 4. The van der Waals surface area contributed by atoms with Gasteiger partial charge in [0.2, 0.25) is 5.91 Å². The molecule has 0 aromatic heterocycles. The number of amides is 2. The number of aryl methyl sites for hydroxylation is 1. The van der Waals surface area contributed by atoms with E-state index in [2.05, 4.69) is 10.6 Å². The predicted molar refractivity (Wildman–Crippen MR) is 132 cm³/mol. The molecule has 0 saturated carbocycles.